The standard InChI is InChI=1S/C17H22N2O4S/c1-14-3-4-16(23-14)13-18-9-11-19(12-10-18)24(20,21)17-7-5-15(22-2)6-8-17/h3-8H,9-13H2,1-2H3. The lowest BCUT2D eigenvalue weighted by Crippen LogP contribution is -2.48. The molecule has 130 valence electrons. The van der Waals surface area contributed by atoms with Crippen molar-refractivity contribution in [2.45, 2.75) is 18.4 Å². The average Bonchev–Trinajstić information content (AvgIpc) is 3.00. The van der Waals surface area contributed by atoms with Gasteiger partial charge in [-0.15, -0.1) is 0 Å². The quantitative estimate of drug-likeness (QED) is 0.826. The van der Waals surface area contributed by atoms with Gasteiger partial charge in [0, 0.05) is 26.2 Å². The molecule has 0 bridgehead atoms. The van der Waals surface area contributed by atoms with Crippen LogP contribution in [0.4, 0.5) is 0 Å². The monoisotopic (exact) mass is 350 g/mol. The van der Waals surface area contributed by atoms with Crippen molar-refractivity contribution in [2.75, 3.05) is 33.3 Å². The van der Waals surface area contributed by atoms with Gasteiger partial charge >= 0.3 is 0 Å². The van der Waals surface area contributed by atoms with Crippen molar-refractivity contribution >= 4 is 10.0 Å². The van der Waals surface area contributed by atoms with E-state index in [0.29, 0.717) is 43.4 Å². The largest absolute Gasteiger partial charge is 0.497 e. The Hall–Kier alpha value is -1.83. The summed E-state index contributed by atoms with van der Waals surface area (Å²) in [6.07, 6.45) is 0. The van der Waals surface area contributed by atoms with Crippen molar-refractivity contribution in [2.24, 2.45) is 0 Å². The van der Waals surface area contributed by atoms with Gasteiger partial charge in [0.2, 0.25) is 10.0 Å². The van der Waals surface area contributed by atoms with Crippen molar-refractivity contribution in [1.29, 1.82) is 0 Å². The van der Waals surface area contributed by atoms with Crippen LogP contribution in [0.2, 0.25) is 0 Å². The van der Waals surface area contributed by atoms with Crippen LogP contribution in [-0.4, -0.2) is 50.9 Å². The summed E-state index contributed by atoms with van der Waals surface area (Å²) in [4.78, 5) is 2.51. The minimum atomic E-state index is -3.45. The minimum Gasteiger partial charge on any atom is -0.497 e. The highest BCUT2D eigenvalue weighted by molar-refractivity contribution is 7.89. The Kier molecular flexibility index (Phi) is 4.93. The van der Waals surface area contributed by atoms with Crippen LogP contribution in [0.5, 0.6) is 5.75 Å². The maximum absolute atomic E-state index is 12.7. The van der Waals surface area contributed by atoms with E-state index >= 15 is 0 Å². The van der Waals surface area contributed by atoms with Gasteiger partial charge in [-0.3, -0.25) is 4.90 Å². The van der Waals surface area contributed by atoms with E-state index in [4.69, 9.17) is 9.15 Å². The van der Waals surface area contributed by atoms with E-state index in [1.807, 2.05) is 19.1 Å². The molecule has 7 heteroatoms. The van der Waals surface area contributed by atoms with Gasteiger partial charge in [-0.25, -0.2) is 8.42 Å². The van der Waals surface area contributed by atoms with E-state index in [9.17, 15) is 8.42 Å². The van der Waals surface area contributed by atoms with E-state index in [0.717, 1.165) is 11.5 Å². The highest BCUT2D eigenvalue weighted by Crippen LogP contribution is 2.21. The number of hydrogen-bond acceptors (Lipinski definition) is 5. The van der Waals surface area contributed by atoms with Crippen LogP contribution in [0.25, 0.3) is 0 Å². The zero-order chi connectivity index (χ0) is 17.2. The van der Waals surface area contributed by atoms with Gasteiger partial charge in [0.05, 0.1) is 18.6 Å². The topological polar surface area (TPSA) is 63.0 Å². The lowest BCUT2D eigenvalue weighted by atomic mass is 10.3. The molecule has 1 fully saturated rings. The molecule has 1 aromatic heterocycles. The summed E-state index contributed by atoms with van der Waals surface area (Å²) in [5, 5.41) is 0. The molecule has 0 N–H and O–H groups in total. The highest BCUT2D eigenvalue weighted by Gasteiger charge is 2.28. The zero-order valence-corrected chi connectivity index (χ0v) is 14.8. The molecule has 3 rings (SSSR count). The third kappa shape index (κ3) is 3.63. The third-order valence-corrected chi connectivity index (χ3v) is 6.12. The lowest BCUT2D eigenvalue weighted by Gasteiger charge is -2.33. The van der Waals surface area contributed by atoms with E-state index in [2.05, 4.69) is 4.90 Å². The molecule has 1 aromatic carbocycles. The van der Waals surface area contributed by atoms with Gasteiger partial charge in [-0.1, -0.05) is 0 Å². The van der Waals surface area contributed by atoms with Gasteiger partial charge in [0.25, 0.3) is 0 Å². The fraction of sp³-hybridized carbons (Fsp3) is 0.412. The van der Waals surface area contributed by atoms with Crippen LogP contribution >= 0.6 is 0 Å². The maximum Gasteiger partial charge on any atom is 0.243 e. The van der Waals surface area contributed by atoms with Gasteiger partial charge < -0.3 is 9.15 Å². The number of furan rings is 1. The second-order valence-electron chi connectivity index (χ2n) is 5.87. The van der Waals surface area contributed by atoms with Crippen molar-refractivity contribution in [3.05, 3.63) is 47.9 Å². The predicted octanol–water partition coefficient (Wildman–Crippen LogP) is 2.10. The molecular weight excluding hydrogens is 328 g/mol. The second kappa shape index (κ2) is 6.96. The third-order valence-electron chi connectivity index (χ3n) is 4.20. The summed E-state index contributed by atoms with van der Waals surface area (Å²) >= 11 is 0. The molecule has 0 unspecified atom stereocenters. The van der Waals surface area contributed by atoms with E-state index in [-0.39, 0.29) is 0 Å². The Morgan fingerprint density at radius 1 is 1.04 bits per heavy atom. The van der Waals surface area contributed by atoms with Crippen LogP contribution in [0.1, 0.15) is 11.5 Å². The van der Waals surface area contributed by atoms with Crippen molar-refractivity contribution in [1.82, 2.24) is 9.21 Å². The number of ether oxygens (including phenoxy) is 1. The lowest BCUT2D eigenvalue weighted by molar-refractivity contribution is 0.170. The van der Waals surface area contributed by atoms with Gasteiger partial charge in [-0.05, 0) is 43.3 Å². The predicted molar refractivity (Wildman–Crippen MR) is 90.5 cm³/mol. The summed E-state index contributed by atoms with van der Waals surface area (Å²) in [5.41, 5.74) is 0. The first-order valence-electron chi connectivity index (χ1n) is 7.91. The molecule has 0 spiro atoms. The number of aryl methyl sites for hydroxylation is 1. The normalized spacial score (nSPS) is 17.1. The molecule has 2 heterocycles. The molecule has 1 saturated heterocycles. The molecular formula is C17H22N2O4S. The number of benzene rings is 1. The minimum absolute atomic E-state index is 0.304. The van der Waals surface area contributed by atoms with Crippen LogP contribution in [0, 0.1) is 6.92 Å². The van der Waals surface area contributed by atoms with E-state index < -0.39 is 10.0 Å². The molecule has 0 saturated carbocycles. The number of hydrogen-bond donors (Lipinski definition) is 0. The van der Waals surface area contributed by atoms with Crippen molar-refractivity contribution in [3.63, 3.8) is 0 Å². The maximum atomic E-state index is 12.7. The van der Waals surface area contributed by atoms with Crippen LogP contribution in [0.15, 0.2) is 45.7 Å². The Bertz CT molecular complexity index is 775. The zero-order valence-electron chi connectivity index (χ0n) is 13.9. The number of piperazine rings is 1. The highest BCUT2D eigenvalue weighted by atomic mass is 32.2. The van der Waals surface area contributed by atoms with Gasteiger partial charge in [0.15, 0.2) is 0 Å². The molecule has 0 radical (unpaired) electrons. The molecule has 0 amide bonds. The van der Waals surface area contributed by atoms with Crippen LogP contribution < -0.4 is 4.74 Å². The van der Waals surface area contributed by atoms with Gasteiger partial charge in [-0.2, -0.15) is 4.31 Å². The number of sulfonamides is 1. The van der Waals surface area contributed by atoms with Gasteiger partial charge in [0.1, 0.15) is 17.3 Å². The average molecular weight is 350 g/mol. The fourth-order valence-electron chi connectivity index (χ4n) is 2.82. The number of rotatable bonds is 5. The summed E-state index contributed by atoms with van der Waals surface area (Å²) in [7, 11) is -1.89. The molecule has 24 heavy (non-hydrogen) atoms. The smallest absolute Gasteiger partial charge is 0.243 e. The van der Waals surface area contributed by atoms with Crippen LogP contribution in [0.3, 0.4) is 0 Å². The molecule has 1 aliphatic rings. The summed E-state index contributed by atoms with van der Waals surface area (Å²) < 4.78 is 37.6. The Morgan fingerprint density at radius 2 is 1.71 bits per heavy atom. The molecule has 2 aromatic rings. The van der Waals surface area contributed by atoms with E-state index in [1.54, 1.807) is 35.7 Å². The Balaban J connectivity index is 1.62. The SMILES string of the molecule is COc1ccc(S(=O)(=O)N2CCN(Cc3ccc(C)o3)CC2)cc1. The summed E-state index contributed by atoms with van der Waals surface area (Å²) in [6, 6.07) is 10.4. The Labute approximate surface area is 142 Å². The number of methoxy groups -OCH3 is 1. The first-order chi connectivity index (χ1) is 11.5. The first kappa shape index (κ1) is 17.0. The molecule has 0 aliphatic carbocycles. The van der Waals surface area contributed by atoms with Crippen molar-refractivity contribution in [3.8, 4) is 5.75 Å². The van der Waals surface area contributed by atoms with Crippen molar-refractivity contribution < 1.29 is 17.6 Å². The summed E-state index contributed by atoms with van der Waals surface area (Å²) in [5.74, 6) is 2.46. The fourth-order valence-corrected chi connectivity index (χ4v) is 4.24. The Morgan fingerprint density at radius 3 is 2.25 bits per heavy atom. The van der Waals surface area contributed by atoms with Crippen LogP contribution in [-0.2, 0) is 16.6 Å². The first-order valence-corrected chi connectivity index (χ1v) is 9.35. The summed E-state index contributed by atoms with van der Waals surface area (Å²) in [6.45, 7) is 4.97. The number of nitrogens with zero attached hydrogens (tertiary/aromatic N) is 2. The molecule has 0 atom stereocenters. The molecule has 1 aliphatic heterocycles. The molecule has 6 nitrogen and oxygen atoms in total. The van der Waals surface area contributed by atoms with E-state index in [1.165, 1.54) is 0 Å². The second-order valence-corrected chi connectivity index (χ2v) is 7.81.